The molecule has 2 aromatic carbocycles. The quantitative estimate of drug-likeness (QED) is 0.625. The average molecular weight is 423 g/mol. The number of H-pyrrole nitrogens is 1. The molecule has 9 heteroatoms. The van der Waals surface area contributed by atoms with Crippen molar-refractivity contribution in [3.8, 4) is 17.1 Å². The van der Waals surface area contributed by atoms with Crippen LogP contribution >= 0.6 is 0 Å². The molecule has 4 rings (SSSR count). The number of hydrogen-bond donors (Lipinski definition) is 1. The maximum atomic E-state index is 12.4. The Hall–Kier alpha value is -3.85. The molecular weight excluding hydrogens is 402 g/mol. The summed E-state index contributed by atoms with van der Waals surface area (Å²) in [5, 5.41) is 0. The zero-order chi connectivity index (χ0) is 22.0. The molecular formula is C22H21N3O6. The zero-order valence-corrected chi connectivity index (χ0v) is 17.3. The molecule has 0 spiro atoms. The highest BCUT2D eigenvalue weighted by molar-refractivity contribution is 6.03. The Labute approximate surface area is 178 Å². The molecule has 3 aromatic rings. The summed E-state index contributed by atoms with van der Waals surface area (Å²) in [5.74, 6) is 0.161. The first-order valence-corrected chi connectivity index (χ1v) is 9.45. The van der Waals surface area contributed by atoms with Crippen molar-refractivity contribution in [2.45, 2.75) is 0 Å². The third kappa shape index (κ3) is 3.82. The number of imidazole rings is 1. The highest BCUT2D eigenvalue weighted by atomic mass is 16.5. The first kappa shape index (κ1) is 20.4. The van der Waals surface area contributed by atoms with Crippen LogP contribution in [0.15, 0.2) is 53.7 Å². The van der Waals surface area contributed by atoms with E-state index in [1.165, 1.54) is 14.2 Å². The molecule has 0 fully saturated rings. The molecule has 1 N–H and O–H groups in total. The second kappa shape index (κ2) is 8.49. The first-order chi connectivity index (χ1) is 15.0. The molecule has 1 aliphatic rings. The van der Waals surface area contributed by atoms with Crippen molar-refractivity contribution in [1.29, 1.82) is 0 Å². The summed E-state index contributed by atoms with van der Waals surface area (Å²) < 4.78 is 20.4. The SMILES string of the molecule is COC(=O)C1=C(C(=O)OC)N(c2ccc(-c3nc4ccc(OC)cc4[nH]3)cc2)COC1. The third-order valence-corrected chi connectivity index (χ3v) is 4.97. The molecule has 1 aromatic heterocycles. The van der Waals surface area contributed by atoms with Gasteiger partial charge in [-0.2, -0.15) is 0 Å². The van der Waals surface area contributed by atoms with Crippen LogP contribution in [0.25, 0.3) is 22.4 Å². The smallest absolute Gasteiger partial charge is 0.355 e. The van der Waals surface area contributed by atoms with Gasteiger partial charge in [0, 0.05) is 17.3 Å². The number of hydrogen-bond acceptors (Lipinski definition) is 8. The van der Waals surface area contributed by atoms with Crippen molar-refractivity contribution in [3.05, 3.63) is 53.7 Å². The molecule has 0 amide bonds. The lowest BCUT2D eigenvalue weighted by atomic mass is 10.1. The van der Waals surface area contributed by atoms with Crippen LogP contribution in [0, 0.1) is 0 Å². The van der Waals surface area contributed by atoms with Crippen LogP contribution in [0.4, 0.5) is 5.69 Å². The highest BCUT2D eigenvalue weighted by Crippen LogP contribution is 2.29. The number of carbonyl (C=O) groups is 2. The lowest BCUT2D eigenvalue weighted by Crippen LogP contribution is -2.38. The molecule has 0 saturated carbocycles. The van der Waals surface area contributed by atoms with Crippen molar-refractivity contribution in [1.82, 2.24) is 9.97 Å². The van der Waals surface area contributed by atoms with Gasteiger partial charge in [0.2, 0.25) is 0 Å². The average Bonchev–Trinajstić information content (AvgIpc) is 3.26. The molecule has 9 nitrogen and oxygen atoms in total. The van der Waals surface area contributed by atoms with E-state index in [2.05, 4.69) is 9.97 Å². The van der Waals surface area contributed by atoms with Gasteiger partial charge >= 0.3 is 11.9 Å². The first-order valence-electron chi connectivity index (χ1n) is 9.45. The monoisotopic (exact) mass is 423 g/mol. The number of anilines is 1. The molecule has 1 aliphatic heterocycles. The van der Waals surface area contributed by atoms with E-state index in [9.17, 15) is 9.59 Å². The number of carbonyl (C=O) groups excluding carboxylic acids is 2. The maximum absolute atomic E-state index is 12.4. The Kier molecular flexibility index (Phi) is 5.59. The van der Waals surface area contributed by atoms with Gasteiger partial charge in [-0.05, 0) is 36.4 Å². The number of aromatic nitrogens is 2. The minimum atomic E-state index is -0.640. The summed E-state index contributed by atoms with van der Waals surface area (Å²) >= 11 is 0. The minimum Gasteiger partial charge on any atom is -0.497 e. The Bertz CT molecular complexity index is 1170. The molecule has 0 unspecified atom stereocenters. The van der Waals surface area contributed by atoms with E-state index in [1.54, 1.807) is 12.0 Å². The Balaban J connectivity index is 1.68. The van der Waals surface area contributed by atoms with Gasteiger partial charge in [0.25, 0.3) is 0 Å². The van der Waals surface area contributed by atoms with E-state index in [1.807, 2.05) is 42.5 Å². The number of benzene rings is 2. The second-order valence-corrected chi connectivity index (χ2v) is 6.73. The summed E-state index contributed by atoms with van der Waals surface area (Å²) in [6.45, 7) is 0.0584. The second-order valence-electron chi connectivity index (χ2n) is 6.73. The fraction of sp³-hybridized carbons (Fsp3) is 0.227. The number of rotatable bonds is 5. The van der Waals surface area contributed by atoms with Gasteiger partial charge in [-0.15, -0.1) is 0 Å². The fourth-order valence-electron chi connectivity index (χ4n) is 3.40. The van der Waals surface area contributed by atoms with Gasteiger partial charge in [0.15, 0.2) is 0 Å². The number of nitrogens with one attached hydrogen (secondary N) is 1. The van der Waals surface area contributed by atoms with Crippen LogP contribution in [0.5, 0.6) is 5.75 Å². The number of aromatic amines is 1. The van der Waals surface area contributed by atoms with Crippen LogP contribution in [0.2, 0.25) is 0 Å². The van der Waals surface area contributed by atoms with E-state index < -0.39 is 11.9 Å². The van der Waals surface area contributed by atoms with Gasteiger partial charge in [-0.25, -0.2) is 14.6 Å². The fourth-order valence-corrected chi connectivity index (χ4v) is 3.40. The van der Waals surface area contributed by atoms with E-state index in [0.29, 0.717) is 11.5 Å². The van der Waals surface area contributed by atoms with Crippen LogP contribution in [0.1, 0.15) is 0 Å². The van der Waals surface area contributed by atoms with Gasteiger partial charge in [-0.3, -0.25) is 0 Å². The topological polar surface area (TPSA) is 103 Å². The molecule has 0 saturated heterocycles. The van der Waals surface area contributed by atoms with E-state index in [-0.39, 0.29) is 24.6 Å². The molecule has 0 bridgehead atoms. The Morgan fingerprint density at radius 1 is 1.03 bits per heavy atom. The lowest BCUT2D eigenvalue weighted by molar-refractivity contribution is -0.140. The van der Waals surface area contributed by atoms with Crippen molar-refractivity contribution in [2.24, 2.45) is 0 Å². The molecule has 2 heterocycles. The molecule has 0 atom stereocenters. The van der Waals surface area contributed by atoms with Gasteiger partial charge in [-0.1, -0.05) is 0 Å². The molecule has 31 heavy (non-hydrogen) atoms. The van der Waals surface area contributed by atoms with Crippen molar-refractivity contribution in [3.63, 3.8) is 0 Å². The molecule has 160 valence electrons. The Morgan fingerprint density at radius 3 is 2.45 bits per heavy atom. The summed E-state index contributed by atoms with van der Waals surface area (Å²) in [7, 11) is 4.13. The Morgan fingerprint density at radius 2 is 1.77 bits per heavy atom. The van der Waals surface area contributed by atoms with Crippen LogP contribution in [-0.2, 0) is 23.8 Å². The highest BCUT2D eigenvalue weighted by Gasteiger charge is 2.32. The normalized spacial score (nSPS) is 14.0. The number of nitrogens with zero attached hydrogens (tertiary/aromatic N) is 2. The van der Waals surface area contributed by atoms with Crippen molar-refractivity contribution in [2.75, 3.05) is 39.6 Å². The van der Waals surface area contributed by atoms with Crippen molar-refractivity contribution >= 4 is 28.7 Å². The van der Waals surface area contributed by atoms with Crippen LogP contribution in [-0.4, -0.2) is 56.6 Å². The number of fused-ring (bicyclic) bond motifs is 1. The van der Waals surface area contributed by atoms with Crippen LogP contribution in [0.3, 0.4) is 0 Å². The maximum Gasteiger partial charge on any atom is 0.355 e. The largest absolute Gasteiger partial charge is 0.497 e. The molecule has 0 radical (unpaired) electrons. The van der Waals surface area contributed by atoms with Crippen molar-refractivity contribution < 1.29 is 28.5 Å². The standard InChI is InChI=1S/C22H21N3O6/c1-28-15-8-9-17-18(10-15)24-20(23-17)13-4-6-14(7-5-13)25-12-31-11-16(21(26)29-2)19(25)22(27)30-3/h4-10H,11-12H2,1-3H3,(H,23,24). The summed E-state index contributed by atoms with van der Waals surface area (Å²) in [6.07, 6.45) is 0. The third-order valence-electron chi connectivity index (χ3n) is 4.97. The number of esters is 2. The summed E-state index contributed by atoms with van der Waals surface area (Å²) in [4.78, 5) is 34.0. The van der Waals surface area contributed by atoms with Gasteiger partial charge in [0.05, 0.1) is 44.5 Å². The zero-order valence-electron chi connectivity index (χ0n) is 17.3. The number of methoxy groups -OCH3 is 3. The van der Waals surface area contributed by atoms with E-state index >= 15 is 0 Å². The van der Waals surface area contributed by atoms with E-state index in [4.69, 9.17) is 18.9 Å². The van der Waals surface area contributed by atoms with E-state index in [0.717, 1.165) is 22.3 Å². The lowest BCUT2D eigenvalue weighted by Gasteiger charge is -2.31. The van der Waals surface area contributed by atoms with Gasteiger partial charge in [0.1, 0.15) is 24.0 Å². The molecule has 0 aliphatic carbocycles. The predicted octanol–water partition coefficient (Wildman–Crippen LogP) is 2.63. The summed E-state index contributed by atoms with van der Waals surface area (Å²) in [5.41, 5.74) is 3.40. The number of ether oxygens (including phenoxy) is 4. The summed E-state index contributed by atoms with van der Waals surface area (Å²) in [6, 6.07) is 13.0. The predicted molar refractivity (Wildman–Crippen MR) is 112 cm³/mol. The minimum absolute atomic E-state index is 0.0336. The van der Waals surface area contributed by atoms with Gasteiger partial charge < -0.3 is 28.8 Å². The van der Waals surface area contributed by atoms with Crippen LogP contribution < -0.4 is 9.64 Å².